The number of hydrogen-bond acceptors (Lipinski definition) is 3. The minimum atomic E-state index is -0.154. The van der Waals surface area contributed by atoms with E-state index in [0.29, 0.717) is 5.02 Å². The first-order valence-corrected chi connectivity index (χ1v) is 8.62. The van der Waals surface area contributed by atoms with Crippen LogP contribution in [-0.4, -0.2) is 43.0 Å². The number of carbonyl (C=O) groups excluding carboxylic acids is 1. The lowest BCUT2D eigenvalue weighted by Gasteiger charge is -2.38. The molecular weight excluding hydrogens is 322 g/mol. The Morgan fingerprint density at radius 1 is 1.00 bits per heavy atom. The second-order valence-corrected chi connectivity index (χ2v) is 6.47. The van der Waals surface area contributed by atoms with Crippen LogP contribution in [0.15, 0.2) is 54.6 Å². The van der Waals surface area contributed by atoms with Crippen molar-refractivity contribution in [1.82, 2.24) is 4.90 Å². The number of amides is 1. The molecule has 1 fully saturated rings. The first kappa shape index (κ1) is 16.8. The quantitative estimate of drug-likeness (QED) is 0.923. The van der Waals surface area contributed by atoms with Gasteiger partial charge in [0.2, 0.25) is 5.91 Å². The van der Waals surface area contributed by atoms with Crippen molar-refractivity contribution in [1.29, 1.82) is 0 Å². The highest BCUT2D eigenvalue weighted by Crippen LogP contribution is 2.18. The molecule has 1 aliphatic rings. The molecule has 1 saturated heterocycles. The summed E-state index contributed by atoms with van der Waals surface area (Å²) in [6.07, 6.45) is 0. The maximum absolute atomic E-state index is 12.4. The molecular formula is C19H22ClN3O. The van der Waals surface area contributed by atoms with E-state index in [4.69, 9.17) is 11.6 Å². The smallest absolute Gasteiger partial charge is 0.241 e. The van der Waals surface area contributed by atoms with E-state index in [1.807, 2.05) is 25.1 Å². The van der Waals surface area contributed by atoms with Crippen molar-refractivity contribution in [2.45, 2.75) is 13.0 Å². The molecule has 0 saturated carbocycles. The highest BCUT2D eigenvalue weighted by Gasteiger charge is 2.25. The summed E-state index contributed by atoms with van der Waals surface area (Å²) in [5.74, 6) is 0.0190. The average Bonchev–Trinajstić information content (AvgIpc) is 2.64. The summed E-state index contributed by atoms with van der Waals surface area (Å²) in [4.78, 5) is 17.0. The van der Waals surface area contributed by atoms with Crippen LogP contribution in [-0.2, 0) is 4.79 Å². The van der Waals surface area contributed by atoms with Gasteiger partial charge in [-0.3, -0.25) is 9.69 Å². The van der Waals surface area contributed by atoms with E-state index in [9.17, 15) is 4.79 Å². The molecule has 1 amide bonds. The van der Waals surface area contributed by atoms with Gasteiger partial charge in [-0.2, -0.15) is 0 Å². The maximum atomic E-state index is 12.4. The Morgan fingerprint density at radius 3 is 2.25 bits per heavy atom. The summed E-state index contributed by atoms with van der Waals surface area (Å²) >= 11 is 5.87. The van der Waals surface area contributed by atoms with E-state index in [0.717, 1.165) is 31.9 Å². The van der Waals surface area contributed by atoms with Crippen LogP contribution in [0.5, 0.6) is 0 Å². The SMILES string of the molecule is CC(C(=O)Nc1ccc(Cl)cc1)N1CCN(c2ccccc2)CC1. The molecule has 126 valence electrons. The predicted molar refractivity (Wildman–Crippen MR) is 99.8 cm³/mol. The van der Waals surface area contributed by atoms with E-state index in [-0.39, 0.29) is 11.9 Å². The van der Waals surface area contributed by atoms with Gasteiger partial charge in [0.05, 0.1) is 6.04 Å². The number of rotatable bonds is 4. The average molecular weight is 344 g/mol. The second kappa shape index (κ2) is 7.69. The second-order valence-electron chi connectivity index (χ2n) is 6.03. The number of hydrogen-bond donors (Lipinski definition) is 1. The van der Waals surface area contributed by atoms with Gasteiger partial charge in [0.25, 0.3) is 0 Å². The zero-order chi connectivity index (χ0) is 16.9. The van der Waals surface area contributed by atoms with Gasteiger partial charge >= 0.3 is 0 Å². The normalized spacial score (nSPS) is 16.7. The Labute approximate surface area is 148 Å². The molecule has 1 atom stereocenters. The van der Waals surface area contributed by atoms with Gasteiger partial charge in [0.1, 0.15) is 0 Å². The largest absolute Gasteiger partial charge is 0.369 e. The number of carbonyl (C=O) groups is 1. The highest BCUT2D eigenvalue weighted by molar-refractivity contribution is 6.30. The molecule has 0 radical (unpaired) electrons. The fourth-order valence-corrected chi connectivity index (χ4v) is 3.08. The Kier molecular flexibility index (Phi) is 5.38. The minimum Gasteiger partial charge on any atom is -0.369 e. The van der Waals surface area contributed by atoms with Crippen LogP contribution in [0, 0.1) is 0 Å². The third-order valence-electron chi connectivity index (χ3n) is 4.47. The molecule has 1 heterocycles. The Morgan fingerprint density at radius 2 is 1.62 bits per heavy atom. The standard InChI is InChI=1S/C19H22ClN3O/c1-15(19(24)21-17-9-7-16(20)8-10-17)22-11-13-23(14-12-22)18-5-3-2-4-6-18/h2-10,15H,11-14H2,1H3,(H,21,24). The van der Waals surface area contributed by atoms with Crippen LogP contribution >= 0.6 is 11.6 Å². The summed E-state index contributed by atoms with van der Waals surface area (Å²) in [7, 11) is 0. The van der Waals surface area contributed by atoms with E-state index >= 15 is 0 Å². The lowest BCUT2D eigenvalue weighted by Crippen LogP contribution is -2.52. The molecule has 1 unspecified atom stereocenters. The van der Waals surface area contributed by atoms with Crippen LogP contribution in [0.1, 0.15) is 6.92 Å². The summed E-state index contributed by atoms with van der Waals surface area (Å²) < 4.78 is 0. The lowest BCUT2D eigenvalue weighted by molar-refractivity contribution is -0.120. The van der Waals surface area contributed by atoms with E-state index in [2.05, 4.69) is 39.4 Å². The maximum Gasteiger partial charge on any atom is 0.241 e. The van der Waals surface area contributed by atoms with E-state index in [1.54, 1.807) is 12.1 Å². The number of benzene rings is 2. The molecule has 0 bridgehead atoms. The molecule has 2 aromatic rings. The molecule has 0 spiro atoms. The van der Waals surface area contributed by atoms with Gasteiger partial charge in [0, 0.05) is 42.6 Å². The third-order valence-corrected chi connectivity index (χ3v) is 4.73. The molecule has 2 aromatic carbocycles. The van der Waals surface area contributed by atoms with Crippen molar-refractivity contribution < 1.29 is 4.79 Å². The van der Waals surface area contributed by atoms with Crippen molar-refractivity contribution in [3.8, 4) is 0 Å². The highest BCUT2D eigenvalue weighted by atomic mass is 35.5. The van der Waals surface area contributed by atoms with Gasteiger partial charge in [-0.1, -0.05) is 29.8 Å². The summed E-state index contributed by atoms with van der Waals surface area (Å²) in [6, 6.07) is 17.5. The van der Waals surface area contributed by atoms with Crippen molar-refractivity contribution >= 4 is 28.9 Å². The van der Waals surface area contributed by atoms with Crippen molar-refractivity contribution in [2.75, 3.05) is 36.4 Å². The molecule has 0 aliphatic carbocycles. The number of para-hydroxylation sites is 1. The molecule has 1 N–H and O–H groups in total. The third kappa shape index (κ3) is 4.08. The number of anilines is 2. The van der Waals surface area contributed by atoms with Crippen LogP contribution in [0.4, 0.5) is 11.4 Å². The Balaban J connectivity index is 1.53. The predicted octanol–water partition coefficient (Wildman–Crippen LogP) is 3.49. The fraction of sp³-hybridized carbons (Fsp3) is 0.316. The Hall–Kier alpha value is -2.04. The van der Waals surface area contributed by atoms with Crippen molar-refractivity contribution in [3.05, 3.63) is 59.6 Å². The molecule has 5 heteroatoms. The van der Waals surface area contributed by atoms with Gasteiger partial charge in [-0.15, -0.1) is 0 Å². The van der Waals surface area contributed by atoms with E-state index in [1.165, 1.54) is 5.69 Å². The summed E-state index contributed by atoms with van der Waals surface area (Å²) in [6.45, 7) is 5.59. The van der Waals surface area contributed by atoms with Crippen molar-refractivity contribution in [3.63, 3.8) is 0 Å². The van der Waals surface area contributed by atoms with Gasteiger partial charge in [0.15, 0.2) is 0 Å². The summed E-state index contributed by atoms with van der Waals surface area (Å²) in [5, 5.41) is 3.62. The van der Waals surface area contributed by atoms with Crippen LogP contribution in [0.3, 0.4) is 0 Å². The molecule has 0 aromatic heterocycles. The lowest BCUT2D eigenvalue weighted by atomic mass is 10.2. The Bertz CT molecular complexity index is 667. The van der Waals surface area contributed by atoms with Crippen LogP contribution in [0.2, 0.25) is 5.02 Å². The minimum absolute atomic E-state index is 0.0190. The molecule has 3 rings (SSSR count). The van der Waals surface area contributed by atoms with Crippen LogP contribution < -0.4 is 10.2 Å². The topological polar surface area (TPSA) is 35.6 Å². The first-order valence-electron chi connectivity index (χ1n) is 8.24. The molecule has 24 heavy (non-hydrogen) atoms. The number of piperazine rings is 1. The van der Waals surface area contributed by atoms with Gasteiger partial charge in [-0.25, -0.2) is 0 Å². The van der Waals surface area contributed by atoms with Gasteiger partial charge < -0.3 is 10.2 Å². The number of nitrogens with one attached hydrogen (secondary N) is 1. The first-order chi connectivity index (χ1) is 11.6. The molecule has 1 aliphatic heterocycles. The van der Waals surface area contributed by atoms with E-state index < -0.39 is 0 Å². The number of halogens is 1. The van der Waals surface area contributed by atoms with Gasteiger partial charge in [-0.05, 0) is 43.3 Å². The fourth-order valence-electron chi connectivity index (χ4n) is 2.95. The van der Waals surface area contributed by atoms with Crippen molar-refractivity contribution in [2.24, 2.45) is 0 Å². The zero-order valence-electron chi connectivity index (χ0n) is 13.8. The van der Waals surface area contributed by atoms with Crippen LogP contribution in [0.25, 0.3) is 0 Å². The number of nitrogens with zero attached hydrogens (tertiary/aromatic N) is 2. The zero-order valence-corrected chi connectivity index (χ0v) is 14.5. The monoisotopic (exact) mass is 343 g/mol. The summed E-state index contributed by atoms with van der Waals surface area (Å²) in [5.41, 5.74) is 2.02. The molecule has 4 nitrogen and oxygen atoms in total.